The number of halogens is 3. The van der Waals surface area contributed by atoms with Crippen LogP contribution < -0.4 is 10.2 Å². The molecular weight excluding hydrogens is 385 g/mol. The predicted octanol–water partition coefficient (Wildman–Crippen LogP) is 2.57. The first-order valence-electron chi connectivity index (χ1n) is 9.18. The van der Waals surface area contributed by atoms with E-state index in [0.29, 0.717) is 37.6 Å². The minimum absolute atomic E-state index is 0.200. The van der Waals surface area contributed by atoms with Crippen molar-refractivity contribution in [2.75, 3.05) is 31.1 Å². The fourth-order valence-corrected chi connectivity index (χ4v) is 3.10. The first-order chi connectivity index (χ1) is 13.8. The van der Waals surface area contributed by atoms with Crippen LogP contribution in [0.15, 0.2) is 48.7 Å². The van der Waals surface area contributed by atoms with E-state index in [-0.39, 0.29) is 11.8 Å². The quantitative estimate of drug-likeness (QED) is 0.848. The number of nitrogens with zero attached hydrogens (tertiary/aromatic N) is 3. The molecule has 0 bridgehead atoms. The summed E-state index contributed by atoms with van der Waals surface area (Å²) in [6.45, 7) is 3.32. The summed E-state index contributed by atoms with van der Waals surface area (Å²) in [5.74, 6) is -0.0797. The lowest BCUT2D eigenvalue weighted by Gasteiger charge is -2.36. The largest absolute Gasteiger partial charge is 0.417 e. The Morgan fingerprint density at radius 3 is 2.24 bits per heavy atom. The first-order valence-corrected chi connectivity index (χ1v) is 9.18. The van der Waals surface area contributed by atoms with Crippen LogP contribution in [0.4, 0.5) is 19.0 Å². The van der Waals surface area contributed by atoms with Crippen molar-refractivity contribution in [3.63, 3.8) is 0 Å². The fourth-order valence-electron chi connectivity index (χ4n) is 3.10. The van der Waals surface area contributed by atoms with Crippen LogP contribution in [0.3, 0.4) is 0 Å². The van der Waals surface area contributed by atoms with Crippen molar-refractivity contribution in [2.24, 2.45) is 0 Å². The third-order valence-electron chi connectivity index (χ3n) is 4.74. The molecule has 9 heteroatoms. The number of hydrogen-bond donors (Lipinski definition) is 1. The number of carbonyl (C=O) groups is 2. The van der Waals surface area contributed by atoms with Gasteiger partial charge in [0.25, 0.3) is 5.91 Å². The molecule has 6 nitrogen and oxygen atoms in total. The van der Waals surface area contributed by atoms with Gasteiger partial charge in [0.2, 0.25) is 5.91 Å². The van der Waals surface area contributed by atoms with Gasteiger partial charge in [-0.3, -0.25) is 9.59 Å². The molecule has 0 radical (unpaired) electrons. The van der Waals surface area contributed by atoms with Crippen molar-refractivity contribution in [3.8, 4) is 0 Å². The summed E-state index contributed by atoms with van der Waals surface area (Å²) in [5, 5.41) is 2.69. The Bertz CT molecular complexity index is 848. The summed E-state index contributed by atoms with van der Waals surface area (Å²) in [4.78, 5) is 32.2. The molecule has 0 unspecified atom stereocenters. The maximum Gasteiger partial charge on any atom is 0.417 e. The number of anilines is 1. The second-order valence-electron chi connectivity index (χ2n) is 6.78. The van der Waals surface area contributed by atoms with E-state index >= 15 is 0 Å². The van der Waals surface area contributed by atoms with Gasteiger partial charge in [-0.1, -0.05) is 18.2 Å². The second kappa shape index (κ2) is 8.50. The predicted molar refractivity (Wildman–Crippen MR) is 101 cm³/mol. The zero-order chi connectivity index (χ0) is 21.0. The minimum Gasteiger partial charge on any atom is -0.353 e. The lowest BCUT2D eigenvalue weighted by atomic mass is 10.2. The molecular formula is C20H21F3N4O2. The summed E-state index contributed by atoms with van der Waals surface area (Å²) < 4.78 is 37.9. The Morgan fingerprint density at radius 1 is 1.03 bits per heavy atom. The molecule has 1 atom stereocenters. The number of piperazine rings is 1. The van der Waals surface area contributed by atoms with Crippen LogP contribution in [-0.4, -0.2) is 53.9 Å². The van der Waals surface area contributed by atoms with Crippen molar-refractivity contribution < 1.29 is 22.8 Å². The summed E-state index contributed by atoms with van der Waals surface area (Å²) in [5.41, 5.74) is -0.316. The van der Waals surface area contributed by atoms with Crippen LogP contribution >= 0.6 is 0 Å². The fraction of sp³-hybridized carbons (Fsp3) is 0.350. The van der Waals surface area contributed by atoms with E-state index < -0.39 is 17.8 Å². The van der Waals surface area contributed by atoms with Gasteiger partial charge in [0, 0.05) is 37.9 Å². The molecule has 3 rings (SSSR count). The highest BCUT2D eigenvalue weighted by Crippen LogP contribution is 2.29. The van der Waals surface area contributed by atoms with E-state index in [1.165, 1.54) is 6.07 Å². The van der Waals surface area contributed by atoms with Gasteiger partial charge in [-0.15, -0.1) is 0 Å². The van der Waals surface area contributed by atoms with Gasteiger partial charge < -0.3 is 15.1 Å². The molecule has 1 aliphatic heterocycles. The van der Waals surface area contributed by atoms with E-state index in [1.807, 2.05) is 4.90 Å². The number of alkyl halides is 3. The third-order valence-corrected chi connectivity index (χ3v) is 4.74. The monoisotopic (exact) mass is 406 g/mol. The van der Waals surface area contributed by atoms with Gasteiger partial charge in [0.05, 0.1) is 5.56 Å². The third kappa shape index (κ3) is 5.04. The lowest BCUT2D eigenvalue weighted by molar-refractivity contribution is -0.138. The smallest absolute Gasteiger partial charge is 0.353 e. The number of benzene rings is 1. The number of nitrogens with one attached hydrogen (secondary N) is 1. The lowest BCUT2D eigenvalue weighted by Crippen LogP contribution is -2.54. The van der Waals surface area contributed by atoms with Gasteiger partial charge in [-0.05, 0) is 31.2 Å². The highest BCUT2D eigenvalue weighted by molar-refractivity contribution is 5.97. The Balaban J connectivity index is 1.53. The van der Waals surface area contributed by atoms with Crippen molar-refractivity contribution in [1.29, 1.82) is 0 Å². The molecule has 1 aromatic heterocycles. The van der Waals surface area contributed by atoms with Crippen LogP contribution in [0.1, 0.15) is 22.8 Å². The molecule has 29 heavy (non-hydrogen) atoms. The van der Waals surface area contributed by atoms with Gasteiger partial charge in [-0.2, -0.15) is 13.2 Å². The molecule has 154 valence electrons. The van der Waals surface area contributed by atoms with Gasteiger partial charge >= 0.3 is 6.18 Å². The highest BCUT2D eigenvalue weighted by atomic mass is 19.4. The highest BCUT2D eigenvalue weighted by Gasteiger charge is 2.31. The molecule has 1 aliphatic rings. The Kier molecular flexibility index (Phi) is 6.05. The Labute approximate surface area is 166 Å². The number of aromatic nitrogens is 1. The molecule has 2 aromatic rings. The van der Waals surface area contributed by atoms with Crippen molar-refractivity contribution in [1.82, 2.24) is 15.2 Å². The normalized spacial score (nSPS) is 15.7. The maximum atomic E-state index is 12.6. The molecule has 2 heterocycles. The Hall–Kier alpha value is -3.10. The SMILES string of the molecule is C[C@H](NC(=O)c1ccccc1)C(=O)N1CCN(c2ccc(C(F)(F)F)cn2)CC1. The molecule has 0 aliphatic carbocycles. The zero-order valence-corrected chi connectivity index (χ0v) is 15.8. The second-order valence-corrected chi connectivity index (χ2v) is 6.78. The van der Waals surface area contributed by atoms with Crippen LogP contribution in [-0.2, 0) is 11.0 Å². The maximum absolute atomic E-state index is 12.6. The molecule has 1 aromatic carbocycles. The van der Waals surface area contributed by atoms with Crippen molar-refractivity contribution >= 4 is 17.6 Å². The summed E-state index contributed by atoms with van der Waals surface area (Å²) >= 11 is 0. The average Bonchev–Trinajstić information content (AvgIpc) is 2.73. The first kappa shape index (κ1) is 20.6. The molecule has 0 saturated carbocycles. The van der Waals surface area contributed by atoms with Gasteiger partial charge in [0.15, 0.2) is 0 Å². The number of pyridine rings is 1. The molecule has 1 N–H and O–H groups in total. The van der Waals surface area contributed by atoms with E-state index in [9.17, 15) is 22.8 Å². The zero-order valence-electron chi connectivity index (χ0n) is 15.8. The standard InChI is InChI=1S/C20H21F3N4O2/c1-14(25-18(28)15-5-3-2-4-6-15)19(29)27-11-9-26(10-12-27)17-8-7-16(13-24-17)20(21,22)23/h2-8,13-14H,9-12H2,1H3,(H,25,28)/t14-/m0/s1. The van der Waals surface area contributed by atoms with Crippen LogP contribution in [0.5, 0.6) is 0 Å². The number of rotatable bonds is 4. The van der Waals surface area contributed by atoms with Crippen LogP contribution in [0.2, 0.25) is 0 Å². The average molecular weight is 406 g/mol. The number of carbonyl (C=O) groups excluding carboxylic acids is 2. The minimum atomic E-state index is -4.42. The van der Waals surface area contributed by atoms with E-state index in [2.05, 4.69) is 10.3 Å². The van der Waals surface area contributed by atoms with E-state index in [1.54, 1.807) is 42.2 Å². The summed E-state index contributed by atoms with van der Waals surface area (Å²) in [6.07, 6.45) is -3.61. The summed E-state index contributed by atoms with van der Waals surface area (Å²) in [7, 11) is 0. The van der Waals surface area contributed by atoms with E-state index in [4.69, 9.17) is 0 Å². The molecule has 2 amide bonds. The van der Waals surface area contributed by atoms with Gasteiger partial charge in [0.1, 0.15) is 11.9 Å². The topological polar surface area (TPSA) is 65.5 Å². The van der Waals surface area contributed by atoms with Crippen molar-refractivity contribution in [3.05, 3.63) is 59.8 Å². The molecule has 0 spiro atoms. The number of amides is 2. The van der Waals surface area contributed by atoms with Crippen LogP contribution in [0.25, 0.3) is 0 Å². The van der Waals surface area contributed by atoms with E-state index in [0.717, 1.165) is 12.3 Å². The number of hydrogen-bond acceptors (Lipinski definition) is 4. The Morgan fingerprint density at radius 2 is 1.69 bits per heavy atom. The molecule has 1 fully saturated rings. The van der Waals surface area contributed by atoms with Crippen molar-refractivity contribution in [2.45, 2.75) is 19.1 Å². The molecule has 1 saturated heterocycles. The van der Waals surface area contributed by atoms with Gasteiger partial charge in [-0.25, -0.2) is 4.98 Å². The summed E-state index contributed by atoms with van der Waals surface area (Å²) in [6, 6.07) is 10.3. The van der Waals surface area contributed by atoms with Crippen LogP contribution in [0, 0.1) is 0 Å².